The minimum atomic E-state index is -0.988. The van der Waals surface area contributed by atoms with Crippen LogP contribution in [-0.4, -0.2) is 61.5 Å². The normalized spacial score (nSPS) is 18.9. The number of para-hydroxylation sites is 2. The van der Waals surface area contributed by atoms with Crippen molar-refractivity contribution in [1.29, 1.82) is 0 Å². The Morgan fingerprint density at radius 3 is 1.76 bits per heavy atom. The van der Waals surface area contributed by atoms with Gasteiger partial charge in [-0.2, -0.15) is 0 Å². The van der Waals surface area contributed by atoms with Gasteiger partial charge in [0, 0.05) is 37.6 Å². The van der Waals surface area contributed by atoms with Gasteiger partial charge in [-0.05, 0) is 23.8 Å². The quantitative estimate of drug-likeness (QED) is 0.674. The van der Waals surface area contributed by atoms with Gasteiger partial charge in [0.15, 0.2) is 0 Å². The van der Waals surface area contributed by atoms with Crippen molar-refractivity contribution in [3.63, 3.8) is 0 Å². The van der Waals surface area contributed by atoms with Crippen LogP contribution in [-0.2, 0) is 19.1 Å². The molecule has 3 aliphatic heterocycles. The highest BCUT2D eigenvalue weighted by Gasteiger charge is 2.43. The van der Waals surface area contributed by atoms with Crippen molar-refractivity contribution in [3.8, 4) is 0 Å². The van der Waals surface area contributed by atoms with E-state index in [9.17, 15) is 19.8 Å². The first-order valence-corrected chi connectivity index (χ1v) is 10.9. The summed E-state index contributed by atoms with van der Waals surface area (Å²) in [5, 5.41) is 20.9. The molecule has 33 heavy (non-hydrogen) atoms. The van der Waals surface area contributed by atoms with Crippen LogP contribution in [0.15, 0.2) is 77.3 Å². The first-order chi connectivity index (χ1) is 16.0. The third-order valence-corrected chi connectivity index (χ3v) is 6.31. The average molecular weight is 448 g/mol. The number of piperazine rings is 1. The second kappa shape index (κ2) is 8.54. The SMILES string of the molecule is O=C1OCC(O)=C1C(C1=C(O)COC1=O)c1ccccc1N1CCN(c2ccccc2)CC1. The Morgan fingerprint density at radius 1 is 0.697 bits per heavy atom. The number of hydrogen-bond acceptors (Lipinski definition) is 8. The number of aliphatic hydroxyl groups is 2. The van der Waals surface area contributed by atoms with Crippen molar-refractivity contribution in [2.45, 2.75) is 5.92 Å². The van der Waals surface area contributed by atoms with Crippen LogP contribution in [0.5, 0.6) is 0 Å². The van der Waals surface area contributed by atoms with Crippen LogP contribution in [0.4, 0.5) is 11.4 Å². The molecule has 3 heterocycles. The third-order valence-electron chi connectivity index (χ3n) is 6.31. The van der Waals surface area contributed by atoms with Gasteiger partial charge in [0.05, 0.1) is 17.1 Å². The molecule has 8 heteroatoms. The van der Waals surface area contributed by atoms with Crippen LogP contribution >= 0.6 is 0 Å². The van der Waals surface area contributed by atoms with E-state index in [0.717, 1.165) is 37.6 Å². The molecule has 3 aliphatic rings. The molecule has 0 radical (unpaired) electrons. The van der Waals surface area contributed by atoms with Crippen LogP contribution in [0.2, 0.25) is 0 Å². The largest absolute Gasteiger partial charge is 0.508 e. The molecule has 2 aromatic rings. The minimum absolute atomic E-state index is 0.0363. The molecule has 2 N–H and O–H groups in total. The van der Waals surface area contributed by atoms with Gasteiger partial charge in [0.25, 0.3) is 0 Å². The highest BCUT2D eigenvalue weighted by atomic mass is 16.6. The van der Waals surface area contributed by atoms with Crippen LogP contribution in [0.1, 0.15) is 11.5 Å². The number of ether oxygens (including phenoxy) is 2. The molecule has 0 bridgehead atoms. The van der Waals surface area contributed by atoms with Crippen LogP contribution < -0.4 is 9.80 Å². The van der Waals surface area contributed by atoms with Crippen molar-refractivity contribution >= 4 is 23.3 Å². The maximum absolute atomic E-state index is 12.5. The molecule has 1 saturated heterocycles. The minimum Gasteiger partial charge on any atom is -0.508 e. The van der Waals surface area contributed by atoms with E-state index < -0.39 is 17.9 Å². The summed E-state index contributed by atoms with van der Waals surface area (Å²) in [5.41, 5.74) is 2.55. The van der Waals surface area contributed by atoms with Gasteiger partial charge < -0.3 is 29.5 Å². The Bertz CT molecular complexity index is 1110. The zero-order valence-corrected chi connectivity index (χ0v) is 17.9. The zero-order chi connectivity index (χ0) is 22.9. The highest BCUT2D eigenvalue weighted by molar-refractivity contribution is 6.01. The lowest BCUT2D eigenvalue weighted by Gasteiger charge is -2.39. The smallest absolute Gasteiger partial charge is 0.338 e. The molecule has 0 unspecified atom stereocenters. The summed E-state index contributed by atoms with van der Waals surface area (Å²) in [6, 6.07) is 17.6. The first-order valence-electron chi connectivity index (χ1n) is 10.9. The molecule has 5 rings (SSSR count). The molecule has 0 amide bonds. The number of carbonyl (C=O) groups excluding carboxylic acids is 2. The van der Waals surface area contributed by atoms with E-state index in [0.29, 0.717) is 5.56 Å². The number of rotatable bonds is 5. The number of cyclic esters (lactones) is 2. The van der Waals surface area contributed by atoms with Crippen molar-refractivity contribution < 1.29 is 29.3 Å². The number of carbonyl (C=O) groups is 2. The van der Waals surface area contributed by atoms with E-state index in [1.807, 2.05) is 36.4 Å². The van der Waals surface area contributed by atoms with Gasteiger partial charge >= 0.3 is 11.9 Å². The second-order valence-electron chi connectivity index (χ2n) is 8.17. The molecule has 1 fully saturated rings. The summed E-state index contributed by atoms with van der Waals surface area (Å²) in [6.45, 7) is 2.54. The predicted octanol–water partition coefficient (Wildman–Crippen LogP) is 2.83. The van der Waals surface area contributed by atoms with Crippen LogP contribution in [0.3, 0.4) is 0 Å². The molecule has 0 aromatic heterocycles. The van der Waals surface area contributed by atoms with E-state index in [1.54, 1.807) is 6.07 Å². The van der Waals surface area contributed by atoms with Gasteiger partial charge in [-0.1, -0.05) is 36.4 Å². The fraction of sp³-hybridized carbons (Fsp3) is 0.280. The number of aliphatic hydroxyl groups excluding tert-OH is 2. The fourth-order valence-electron chi connectivity index (χ4n) is 4.70. The average Bonchev–Trinajstić information content (AvgIpc) is 3.36. The van der Waals surface area contributed by atoms with Crippen molar-refractivity contribution in [2.75, 3.05) is 49.2 Å². The molecule has 0 spiro atoms. The third kappa shape index (κ3) is 3.77. The van der Waals surface area contributed by atoms with Gasteiger partial charge in [0.1, 0.15) is 24.7 Å². The maximum Gasteiger partial charge on any atom is 0.338 e. The Kier molecular flexibility index (Phi) is 5.42. The van der Waals surface area contributed by atoms with E-state index >= 15 is 0 Å². The first kappa shape index (κ1) is 20.9. The number of hydrogen-bond donors (Lipinski definition) is 2. The van der Waals surface area contributed by atoms with Gasteiger partial charge in [-0.15, -0.1) is 0 Å². The number of nitrogens with zero attached hydrogens (tertiary/aromatic N) is 2. The van der Waals surface area contributed by atoms with Gasteiger partial charge in [-0.3, -0.25) is 0 Å². The molecule has 0 aliphatic carbocycles. The molecular weight excluding hydrogens is 424 g/mol. The molecule has 170 valence electrons. The molecule has 8 nitrogen and oxygen atoms in total. The summed E-state index contributed by atoms with van der Waals surface area (Å²) in [4.78, 5) is 29.6. The Morgan fingerprint density at radius 2 is 1.21 bits per heavy atom. The lowest BCUT2D eigenvalue weighted by Crippen LogP contribution is -2.47. The topological polar surface area (TPSA) is 99.5 Å². The zero-order valence-electron chi connectivity index (χ0n) is 17.9. The monoisotopic (exact) mass is 448 g/mol. The van der Waals surface area contributed by atoms with Crippen LogP contribution in [0.25, 0.3) is 0 Å². The summed E-state index contributed by atoms with van der Waals surface area (Å²) >= 11 is 0. The summed E-state index contributed by atoms with van der Waals surface area (Å²) in [5.74, 6) is -2.89. The van der Waals surface area contributed by atoms with Gasteiger partial charge in [0.2, 0.25) is 0 Å². The summed E-state index contributed by atoms with van der Waals surface area (Å²) < 4.78 is 10.0. The van der Waals surface area contributed by atoms with E-state index in [2.05, 4.69) is 21.9 Å². The van der Waals surface area contributed by atoms with E-state index in [4.69, 9.17) is 9.47 Å². The Balaban J connectivity index is 1.51. The van der Waals surface area contributed by atoms with Crippen molar-refractivity contribution in [3.05, 3.63) is 82.8 Å². The van der Waals surface area contributed by atoms with E-state index in [-0.39, 0.29) is 35.9 Å². The molecule has 0 saturated carbocycles. The number of anilines is 2. The lowest BCUT2D eigenvalue weighted by atomic mass is 9.82. The standard InChI is InChI=1S/C25H24N2O6/c28-19-14-32-24(30)22(19)21(23-20(29)15-33-25(23)31)17-8-4-5-9-18(17)27-12-10-26(11-13-27)16-6-2-1-3-7-16/h1-9,21,28-29H,10-15H2. The second-order valence-corrected chi connectivity index (χ2v) is 8.17. The summed E-state index contributed by atoms with van der Waals surface area (Å²) in [6.07, 6.45) is 0. The molecule has 2 aromatic carbocycles. The van der Waals surface area contributed by atoms with Crippen molar-refractivity contribution in [2.24, 2.45) is 0 Å². The van der Waals surface area contributed by atoms with Gasteiger partial charge in [-0.25, -0.2) is 9.59 Å². The summed E-state index contributed by atoms with van der Waals surface area (Å²) in [7, 11) is 0. The van der Waals surface area contributed by atoms with E-state index in [1.165, 1.54) is 0 Å². The highest BCUT2D eigenvalue weighted by Crippen LogP contribution is 2.43. The Hall–Kier alpha value is -3.94. The Labute approximate surface area is 190 Å². The predicted molar refractivity (Wildman–Crippen MR) is 121 cm³/mol. The number of benzene rings is 2. The van der Waals surface area contributed by atoms with Crippen molar-refractivity contribution in [1.82, 2.24) is 0 Å². The van der Waals surface area contributed by atoms with Crippen LogP contribution in [0, 0.1) is 0 Å². The molecule has 0 atom stereocenters. The lowest BCUT2D eigenvalue weighted by molar-refractivity contribution is -0.136. The number of esters is 2. The molecular formula is C25H24N2O6. The maximum atomic E-state index is 12.5. The fourth-order valence-corrected chi connectivity index (χ4v) is 4.70.